The Morgan fingerprint density at radius 1 is 1.37 bits per heavy atom. The van der Waals surface area contributed by atoms with Crippen molar-refractivity contribution in [3.8, 4) is 5.75 Å². The Bertz CT molecular complexity index is 628. The maximum atomic E-state index is 12.1. The lowest BCUT2D eigenvalue weighted by Gasteiger charge is -2.11. The summed E-state index contributed by atoms with van der Waals surface area (Å²) in [4.78, 5) is 8.76. The van der Waals surface area contributed by atoms with Crippen molar-refractivity contribution >= 4 is 25.4 Å². The molecule has 1 rings (SSSR count). The molecular weight excluding hydrogens is 315 g/mol. The number of benzene rings is 1. The largest absolute Gasteiger partial charge is 0.573 e. The predicted molar refractivity (Wildman–Crippen MR) is 57.6 cm³/mol. The maximum Gasteiger partial charge on any atom is 0.573 e. The number of nitro benzene ring substituents is 1. The van der Waals surface area contributed by atoms with E-state index in [0.29, 0.717) is 12.1 Å². The highest BCUT2D eigenvalue weighted by Crippen LogP contribution is 2.36. The molecule has 0 aliphatic heterocycles. The third-order valence-electron chi connectivity index (χ3n) is 1.94. The number of halogens is 4. The molecule has 0 radical (unpaired) electrons. The molecule has 0 amide bonds. The number of aryl methyl sites for hydroxylation is 1. The van der Waals surface area contributed by atoms with Crippen LogP contribution in [0.2, 0.25) is 0 Å². The van der Waals surface area contributed by atoms with Crippen molar-refractivity contribution in [2.45, 2.75) is 18.2 Å². The second-order valence-electron chi connectivity index (χ2n) is 3.33. The van der Waals surface area contributed by atoms with Crippen molar-refractivity contribution in [3.63, 3.8) is 0 Å². The maximum absolute atomic E-state index is 12.1. The first kappa shape index (κ1) is 15.5. The Hall–Kier alpha value is -1.55. The van der Waals surface area contributed by atoms with Crippen molar-refractivity contribution < 1.29 is 31.2 Å². The van der Waals surface area contributed by atoms with Crippen LogP contribution in [0.4, 0.5) is 18.9 Å². The van der Waals surface area contributed by atoms with Crippen LogP contribution in [0, 0.1) is 17.0 Å². The first-order valence-electron chi connectivity index (χ1n) is 4.41. The zero-order valence-corrected chi connectivity index (χ0v) is 10.6. The molecule has 0 aromatic heterocycles. The average Bonchev–Trinajstić information content (AvgIpc) is 2.11. The van der Waals surface area contributed by atoms with Gasteiger partial charge in [0.25, 0.3) is 9.05 Å². The van der Waals surface area contributed by atoms with Crippen molar-refractivity contribution in [1.29, 1.82) is 0 Å². The van der Waals surface area contributed by atoms with E-state index < -0.39 is 36.7 Å². The molecule has 0 atom stereocenters. The van der Waals surface area contributed by atoms with Gasteiger partial charge in [-0.1, -0.05) is 0 Å². The molecule has 0 spiro atoms. The summed E-state index contributed by atoms with van der Waals surface area (Å²) in [6.45, 7) is 1.13. The van der Waals surface area contributed by atoms with Crippen LogP contribution in [0.1, 0.15) is 5.56 Å². The Morgan fingerprint density at radius 2 is 1.89 bits per heavy atom. The minimum absolute atomic E-state index is 0.208. The SMILES string of the molecule is Cc1cc(OC(F)(F)F)c([N+](=O)[O-])cc1S(=O)(=O)Cl. The second kappa shape index (κ2) is 4.85. The van der Waals surface area contributed by atoms with Gasteiger partial charge in [0.1, 0.15) is 0 Å². The van der Waals surface area contributed by atoms with Crippen LogP contribution < -0.4 is 4.74 Å². The van der Waals surface area contributed by atoms with Crippen LogP contribution in [0.25, 0.3) is 0 Å². The zero-order chi connectivity index (χ0) is 15.0. The molecule has 0 saturated carbocycles. The number of hydrogen-bond donors (Lipinski definition) is 0. The highest BCUT2D eigenvalue weighted by Gasteiger charge is 2.35. The van der Waals surface area contributed by atoms with Crippen LogP contribution in [0.5, 0.6) is 5.75 Å². The van der Waals surface area contributed by atoms with E-state index in [2.05, 4.69) is 4.74 Å². The Balaban J connectivity index is 3.51. The summed E-state index contributed by atoms with van der Waals surface area (Å²) in [5.74, 6) is -1.11. The van der Waals surface area contributed by atoms with Gasteiger partial charge in [-0.05, 0) is 18.6 Å². The third-order valence-corrected chi connectivity index (χ3v) is 3.41. The standard InChI is InChI=1S/C8H5ClF3NO5S/c1-4-2-6(18-8(10,11)12)5(13(14)15)3-7(4)19(9,16)17/h2-3H,1H3. The summed E-state index contributed by atoms with van der Waals surface area (Å²) in [7, 11) is 0.694. The van der Waals surface area contributed by atoms with Crippen molar-refractivity contribution in [3.05, 3.63) is 27.8 Å². The van der Waals surface area contributed by atoms with E-state index in [9.17, 15) is 31.7 Å². The van der Waals surface area contributed by atoms with E-state index in [0.717, 1.165) is 6.92 Å². The first-order valence-corrected chi connectivity index (χ1v) is 6.72. The number of nitrogens with zero attached hydrogens (tertiary/aromatic N) is 1. The van der Waals surface area contributed by atoms with Crippen molar-refractivity contribution in [2.75, 3.05) is 0 Å². The molecule has 0 bridgehead atoms. The molecule has 0 aliphatic rings. The zero-order valence-electron chi connectivity index (χ0n) is 9.06. The van der Waals surface area contributed by atoms with Gasteiger partial charge in [-0.15, -0.1) is 13.2 Å². The molecule has 1 aromatic rings. The fraction of sp³-hybridized carbons (Fsp3) is 0.250. The second-order valence-corrected chi connectivity index (χ2v) is 5.86. The van der Waals surface area contributed by atoms with Crippen LogP contribution in [-0.2, 0) is 9.05 Å². The van der Waals surface area contributed by atoms with Gasteiger partial charge in [0.05, 0.1) is 9.82 Å². The summed E-state index contributed by atoms with van der Waals surface area (Å²) in [6.07, 6.45) is -5.14. The fourth-order valence-corrected chi connectivity index (χ4v) is 2.46. The molecule has 0 N–H and O–H groups in total. The minimum Gasteiger partial charge on any atom is -0.398 e. The number of ether oxygens (including phenoxy) is 1. The number of rotatable bonds is 3. The lowest BCUT2D eigenvalue weighted by Crippen LogP contribution is -2.18. The summed E-state index contributed by atoms with van der Waals surface area (Å²) in [5, 5.41) is 10.6. The van der Waals surface area contributed by atoms with Crippen molar-refractivity contribution in [1.82, 2.24) is 0 Å². The molecule has 0 fully saturated rings. The van der Waals surface area contributed by atoms with Crippen LogP contribution >= 0.6 is 10.7 Å². The van der Waals surface area contributed by atoms with Crippen molar-refractivity contribution in [2.24, 2.45) is 0 Å². The molecule has 0 saturated heterocycles. The monoisotopic (exact) mass is 319 g/mol. The average molecular weight is 320 g/mol. The van der Waals surface area contributed by atoms with Gasteiger partial charge in [0.2, 0.25) is 5.75 Å². The van der Waals surface area contributed by atoms with E-state index in [4.69, 9.17) is 10.7 Å². The van der Waals surface area contributed by atoms with Crippen LogP contribution in [0.3, 0.4) is 0 Å². The van der Waals surface area contributed by atoms with Gasteiger partial charge in [-0.2, -0.15) is 0 Å². The minimum atomic E-state index is -5.14. The molecule has 11 heteroatoms. The summed E-state index contributed by atoms with van der Waals surface area (Å²) in [5.41, 5.74) is -1.36. The Kier molecular flexibility index (Phi) is 3.96. The van der Waals surface area contributed by atoms with E-state index in [-0.39, 0.29) is 5.56 Å². The molecule has 19 heavy (non-hydrogen) atoms. The quantitative estimate of drug-likeness (QED) is 0.485. The van der Waals surface area contributed by atoms with Crippen LogP contribution in [0.15, 0.2) is 17.0 Å². The van der Waals surface area contributed by atoms with E-state index in [1.165, 1.54) is 0 Å². The normalized spacial score (nSPS) is 12.3. The summed E-state index contributed by atoms with van der Waals surface area (Å²) >= 11 is 0. The molecule has 106 valence electrons. The molecule has 6 nitrogen and oxygen atoms in total. The Labute approximate surface area is 109 Å². The number of hydrogen-bond acceptors (Lipinski definition) is 5. The fourth-order valence-electron chi connectivity index (χ4n) is 1.26. The molecule has 0 aliphatic carbocycles. The number of nitro groups is 1. The van der Waals surface area contributed by atoms with Crippen LogP contribution in [-0.4, -0.2) is 19.7 Å². The lowest BCUT2D eigenvalue weighted by molar-refractivity contribution is -0.388. The summed E-state index contributed by atoms with van der Waals surface area (Å²) in [6, 6.07) is 1.000. The van der Waals surface area contributed by atoms with Gasteiger partial charge in [-0.3, -0.25) is 10.1 Å². The van der Waals surface area contributed by atoms with Gasteiger partial charge >= 0.3 is 12.0 Å². The third kappa shape index (κ3) is 3.96. The molecule has 0 heterocycles. The van der Waals surface area contributed by atoms with E-state index in [1.54, 1.807) is 0 Å². The van der Waals surface area contributed by atoms with Gasteiger partial charge in [0, 0.05) is 16.7 Å². The topological polar surface area (TPSA) is 86.5 Å². The molecular formula is C8H5ClF3NO5S. The lowest BCUT2D eigenvalue weighted by atomic mass is 10.2. The van der Waals surface area contributed by atoms with Gasteiger partial charge < -0.3 is 4.74 Å². The first-order chi connectivity index (χ1) is 8.42. The van der Waals surface area contributed by atoms with Gasteiger partial charge in [-0.25, -0.2) is 8.42 Å². The smallest absolute Gasteiger partial charge is 0.398 e. The number of alkyl halides is 3. The van der Waals surface area contributed by atoms with E-state index >= 15 is 0 Å². The predicted octanol–water partition coefficient (Wildman–Crippen LogP) is 2.73. The van der Waals surface area contributed by atoms with E-state index in [1.807, 2.05) is 0 Å². The Morgan fingerprint density at radius 3 is 2.26 bits per heavy atom. The summed E-state index contributed by atoms with van der Waals surface area (Å²) < 4.78 is 61.9. The highest BCUT2D eigenvalue weighted by molar-refractivity contribution is 8.13. The molecule has 1 aromatic carbocycles. The molecule has 0 unspecified atom stereocenters. The van der Waals surface area contributed by atoms with Gasteiger partial charge in [0.15, 0.2) is 0 Å². The highest BCUT2D eigenvalue weighted by atomic mass is 35.7.